The fraction of sp³-hybridized carbons (Fsp3) is 0.522. The lowest BCUT2D eigenvalue weighted by Gasteiger charge is -2.35. The van der Waals surface area contributed by atoms with Gasteiger partial charge in [-0.1, -0.05) is 54.1 Å². The molecule has 0 saturated carbocycles. The highest BCUT2D eigenvalue weighted by Crippen LogP contribution is 2.36. The standard InChI is InChI=1S/C23H34N2O3/c1-5-17(10-9-15-24)16-19-13-14-20(21(26)18-11-7-6-8-12-18)25(19)22(27)28-23(2,3)4/h5-12,19-21,26H,13-16,24H2,1-4H3/b10-9-,17-5+/t19-,20+,21+/m0/s1. The highest BCUT2D eigenvalue weighted by molar-refractivity contribution is 5.69. The van der Waals surface area contributed by atoms with Gasteiger partial charge in [-0.2, -0.15) is 0 Å². The minimum atomic E-state index is -0.743. The Morgan fingerprint density at radius 3 is 2.57 bits per heavy atom. The maximum absolute atomic E-state index is 13.0. The van der Waals surface area contributed by atoms with Crippen molar-refractivity contribution in [3.63, 3.8) is 0 Å². The highest BCUT2D eigenvalue weighted by Gasteiger charge is 2.42. The predicted octanol–water partition coefficient (Wildman–Crippen LogP) is 4.34. The molecule has 1 aromatic rings. The zero-order chi connectivity index (χ0) is 20.7. The number of hydrogen-bond acceptors (Lipinski definition) is 4. The van der Waals surface area contributed by atoms with Gasteiger partial charge in [-0.3, -0.25) is 4.90 Å². The van der Waals surface area contributed by atoms with Gasteiger partial charge in [-0.05, 0) is 52.5 Å². The van der Waals surface area contributed by atoms with E-state index in [1.807, 2.05) is 76.3 Å². The molecule has 1 aromatic carbocycles. The van der Waals surface area contributed by atoms with Crippen LogP contribution in [0.15, 0.2) is 54.1 Å². The van der Waals surface area contributed by atoms with E-state index in [9.17, 15) is 9.90 Å². The van der Waals surface area contributed by atoms with Crippen LogP contribution in [0.1, 0.15) is 58.6 Å². The number of rotatable bonds is 6. The molecule has 1 aliphatic heterocycles. The van der Waals surface area contributed by atoms with Crippen LogP contribution in [0, 0.1) is 0 Å². The third-order valence-corrected chi connectivity index (χ3v) is 4.97. The van der Waals surface area contributed by atoms with Crippen molar-refractivity contribution < 1.29 is 14.6 Å². The predicted molar refractivity (Wildman–Crippen MR) is 113 cm³/mol. The Balaban J connectivity index is 2.27. The van der Waals surface area contributed by atoms with E-state index in [4.69, 9.17) is 10.5 Å². The number of ether oxygens (including phenoxy) is 1. The molecule has 1 saturated heterocycles. The Morgan fingerprint density at radius 2 is 2.00 bits per heavy atom. The van der Waals surface area contributed by atoms with Gasteiger partial charge in [0, 0.05) is 12.6 Å². The lowest BCUT2D eigenvalue weighted by molar-refractivity contribution is -0.00446. The van der Waals surface area contributed by atoms with Gasteiger partial charge >= 0.3 is 6.09 Å². The van der Waals surface area contributed by atoms with Crippen LogP contribution in [0.5, 0.6) is 0 Å². The van der Waals surface area contributed by atoms with Crippen LogP contribution < -0.4 is 5.73 Å². The summed E-state index contributed by atoms with van der Waals surface area (Å²) in [6.07, 6.45) is 7.12. The SMILES string of the molecule is C/C=C(\C=C/CN)C[C@@H]1CC[C@H]([C@H](O)c2ccccc2)N1C(=O)OC(C)(C)C. The summed E-state index contributed by atoms with van der Waals surface area (Å²) in [4.78, 5) is 14.8. The van der Waals surface area contributed by atoms with E-state index >= 15 is 0 Å². The van der Waals surface area contributed by atoms with E-state index in [-0.39, 0.29) is 18.2 Å². The minimum absolute atomic E-state index is 0.0214. The van der Waals surface area contributed by atoms with Crippen LogP contribution in [0.2, 0.25) is 0 Å². The molecule has 0 spiro atoms. The Bertz CT molecular complexity index is 692. The lowest BCUT2D eigenvalue weighted by atomic mass is 10.0. The monoisotopic (exact) mass is 386 g/mol. The average molecular weight is 387 g/mol. The van der Waals surface area contributed by atoms with Crippen LogP contribution in [0.3, 0.4) is 0 Å². The first kappa shape index (κ1) is 22.2. The fourth-order valence-electron chi connectivity index (χ4n) is 3.67. The fourth-order valence-corrected chi connectivity index (χ4v) is 3.67. The lowest BCUT2D eigenvalue weighted by Crippen LogP contribution is -2.46. The molecule has 0 bridgehead atoms. The van der Waals surface area contributed by atoms with Gasteiger partial charge in [0.1, 0.15) is 5.60 Å². The molecule has 154 valence electrons. The molecule has 5 nitrogen and oxygen atoms in total. The number of hydrogen-bond donors (Lipinski definition) is 2. The molecule has 0 radical (unpaired) electrons. The second-order valence-corrected chi connectivity index (χ2v) is 8.25. The highest BCUT2D eigenvalue weighted by atomic mass is 16.6. The van der Waals surface area contributed by atoms with Crippen molar-refractivity contribution in [2.24, 2.45) is 5.73 Å². The van der Waals surface area contributed by atoms with E-state index in [0.717, 1.165) is 24.0 Å². The molecule has 1 fully saturated rings. The zero-order valence-electron chi connectivity index (χ0n) is 17.5. The number of nitrogens with zero attached hydrogens (tertiary/aromatic N) is 1. The zero-order valence-corrected chi connectivity index (χ0v) is 17.5. The summed E-state index contributed by atoms with van der Waals surface area (Å²) in [5.41, 5.74) is 6.93. The third kappa shape index (κ3) is 5.94. The Labute approximate surface area is 168 Å². The minimum Gasteiger partial charge on any atom is -0.444 e. The van der Waals surface area contributed by atoms with Crippen LogP contribution in [-0.4, -0.2) is 40.3 Å². The molecular weight excluding hydrogens is 352 g/mol. The Hall–Kier alpha value is -2.11. The smallest absolute Gasteiger partial charge is 0.410 e. The first-order valence-electron chi connectivity index (χ1n) is 10.0. The number of benzene rings is 1. The summed E-state index contributed by atoms with van der Waals surface area (Å²) in [5.74, 6) is 0. The summed E-state index contributed by atoms with van der Waals surface area (Å²) in [6.45, 7) is 8.05. The Kier molecular flexibility index (Phi) is 7.84. The summed E-state index contributed by atoms with van der Waals surface area (Å²) in [6, 6.07) is 9.18. The molecule has 1 heterocycles. The molecule has 5 heteroatoms. The molecule has 3 N–H and O–H groups in total. The van der Waals surface area contributed by atoms with Crippen molar-refractivity contribution in [1.82, 2.24) is 4.90 Å². The summed E-state index contributed by atoms with van der Waals surface area (Å²) < 4.78 is 5.68. The quantitative estimate of drug-likeness (QED) is 0.713. The molecule has 3 atom stereocenters. The maximum Gasteiger partial charge on any atom is 0.410 e. The van der Waals surface area contributed by atoms with E-state index < -0.39 is 11.7 Å². The number of allylic oxidation sites excluding steroid dienone is 2. The first-order chi connectivity index (χ1) is 13.3. The third-order valence-electron chi connectivity index (χ3n) is 4.97. The van der Waals surface area contributed by atoms with Gasteiger partial charge in [-0.15, -0.1) is 0 Å². The van der Waals surface area contributed by atoms with Crippen LogP contribution in [0.4, 0.5) is 4.79 Å². The van der Waals surface area contributed by atoms with Crippen LogP contribution >= 0.6 is 0 Å². The topological polar surface area (TPSA) is 75.8 Å². The van der Waals surface area contributed by atoms with E-state index in [1.165, 1.54) is 0 Å². The normalized spacial score (nSPS) is 21.9. The van der Waals surface area contributed by atoms with Crippen molar-refractivity contribution in [3.8, 4) is 0 Å². The van der Waals surface area contributed by atoms with Crippen molar-refractivity contribution in [2.45, 2.75) is 70.7 Å². The van der Waals surface area contributed by atoms with Gasteiger partial charge in [-0.25, -0.2) is 4.79 Å². The molecule has 28 heavy (non-hydrogen) atoms. The van der Waals surface area contributed by atoms with Gasteiger partial charge in [0.15, 0.2) is 0 Å². The first-order valence-corrected chi connectivity index (χ1v) is 10.0. The van der Waals surface area contributed by atoms with Crippen molar-refractivity contribution in [3.05, 3.63) is 59.7 Å². The second kappa shape index (κ2) is 9.89. The van der Waals surface area contributed by atoms with Crippen molar-refractivity contribution in [2.75, 3.05) is 6.54 Å². The van der Waals surface area contributed by atoms with Gasteiger partial charge < -0.3 is 15.6 Å². The van der Waals surface area contributed by atoms with Crippen molar-refractivity contribution >= 4 is 6.09 Å². The number of carbonyl (C=O) groups excluding carboxylic acids is 1. The van der Waals surface area contributed by atoms with Gasteiger partial charge in [0.2, 0.25) is 0 Å². The molecule has 1 aliphatic rings. The number of likely N-dealkylation sites (tertiary alicyclic amines) is 1. The molecule has 0 unspecified atom stereocenters. The molecular formula is C23H34N2O3. The van der Waals surface area contributed by atoms with Gasteiger partial charge in [0.05, 0.1) is 12.1 Å². The largest absolute Gasteiger partial charge is 0.444 e. The van der Waals surface area contributed by atoms with Crippen LogP contribution in [0.25, 0.3) is 0 Å². The maximum atomic E-state index is 13.0. The molecule has 1 amide bonds. The Morgan fingerprint density at radius 1 is 1.32 bits per heavy atom. The summed E-state index contributed by atoms with van der Waals surface area (Å²) in [5, 5.41) is 11.0. The summed E-state index contributed by atoms with van der Waals surface area (Å²) in [7, 11) is 0. The number of aliphatic hydroxyl groups is 1. The molecule has 0 aliphatic carbocycles. The van der Waals surface area contributed by atoms with Gasteiger partial charge in [0.25, 0.3) is 0 Å². The second-order valence-electron chi connectivity index (χ2n) is 8.25. The van der Waals surface area contributed by atoms with E-state index in [2.05, 4.69) is 0 Å². The molecule has 0 aromatic heterocycles. The summed E-state index contributed by atoms with van der Waals surface area (Å²) >= 11 is 0. The van der Waals surface area contributed by atoms with Crippen molar-refractivity contribution in [1.29, 1.82) is 0 Å². The average Bonchev–Trinajstić information content (AvgIpc) is 3.07. The van der Waals surface area contributed by atoms with E-state index in [0.29, 0.717) is 13.0 Å². The van der Waals surface area contributed by atoms with E-state index in [1.54, 1.807) is 4.90 Å². The number of carbonyl (C=O) groups is 1. The number of amides is 1. The molecule has 2 rings (SSSR count). The van der Waals surface area contributed by atoms with Crippen LogP contribution in [-0.2, 0) is 4.74 Å². The number of aliphatic hydroxyl groups excluding tert-OH is 1. The number of nitrogens with two attached hydrogens (primary N) is 1.